The molecule has 44 heavy (non-hydrogen) atoms. The molecule has 0 fully saturated rings. The first-order valence-corrected chi connectivity index (χ1v) is 16.4. The molecule has 230 valence electrons. The van der Waals surface area contributed by atoms with E-state index in [0.29, 0.717) is 33.4 Å². The second kappa shape index (κ2) is 14.8. The van der Waals surface area contributed by atoms with Gasteiger partial charge in [0.25, 0.3) is 10.0 Å². The van der Waals surface area contributed by atoms with Gasteiger partial charge in [0.05, 0.1) is 10.6 Å². The van der Waals surface area contributed by atoms with E-state index in [0.717, 1.165) is 15.4 Å². The number of carbonyl (C=O) groups is 2. The monoisotopic (exact) mass is 651 g/mol. The average Bonchev–Trinajstić information content (AvgIpc) is 2.99. The van der Waals surface area contributed by atoms with Gasteiger partial charge in [-0.2, -0.15) is 0 Å². The lowest BCUT2D eigenvalue weighted by Gasteiger charge is -2.34. The van der Waals surface area contributed by atoms with E-state index in [2.05, 4.69) is 5.32 Å². The van der Waals surface area contributed by atoms with Crippen LogP contribution in [-0.2, 0) is 32.6 Å². The lowest BCUT2D eigenvalue weighted by Crippen LogP contribution is -2.53. The van der Waals surface area contributed by atoms with Crippen LogP contribution in [0.4, 0.5) is 5.69 Å². The third-order valence-corrected chi connectivity index (χ3v) is 9.61. The van der Waals surface area contributed by atoms with Gasteiger partial charge in [0, 0.05) is 29.6 Å². The molecular weight excluding hydrogens is 617 g/mol. The zero-order valence-electron chi connectivity index (χ0n) is 24.8. The van der Waals surface area contributed by atoms with E-state index in [1.807, 2.05) is 37.3 Å². The van der Waals surface area contributed by atoms with E-state index in [9.17, 15) is 18.0 Å². The summed E-state index contributed by atoms with van der Waals surface area (Å²) < 4.78 is 29.4. The highest BCUT2D eigenvalue weighted by Crippen LogP contribution is 2.30. The Balaban J connectivity index is 1.83. The summed E-state index contributed by atoms with van der Waals surface area (Å²) in [6, 6.07) is 26.8. The van der Waals surface area contributed by atoms with Crippen LogP contribution in [-0.4, -0.2) is 44.3 Å². The standard InChI is InChI=1S/C34H35Cl2N3O4S/c1-4-37-34(41)32(21-26-10-6-5-7-11-26)38(22-27-12-8-9-13-30(27)36)33(40)23-39(31-19-16-28(35)20-25(31)3)44(42,43)29-17-14-24(2)15-18-29/h5-20,32H,4,21-23H2,1-3H3,(H,37,41)/t32-/m0/s1. The van der Waals surface area contributed by atoms with Gasteiger partial charge in [-0.15, -0.1) is 0 Å². The Kier molecular flexibility index (Phi) is 11.1. The highest BCUT2D eigenvalue weighted by atomic mass is 35.5. The molecule has 0 radical (unpaired) electrons. The molecule has 2 amide bonds. The summed E-state index contributed by atoms with van der Waals surface area (Å²) in [5.41, 5.74) is 3.24. The maximum atomic E-state index is 14.5. The summed E-state index contributed by atoms with van der Waals surface area (Å²) in [5, 5.41) is 3.71. The van der Waals surface area contributed by atoms with Gasteiger partial charge in [-0.1, -0.05) is 89.4 Å². The number of hydrogen-bond donors (Lipinski definition) is 1. The number of hydrogen-bond acceptors (Lipinski definition) is 4. The van der Waals surface area contributed by atoms with Gasteiger partial charge in [0.1, 0.15) is 12.6 Å². The minimum atomic E-state index is -4.21. The van der Waals surface area contributed by atoms with E-state index in [4.69, 9.17) is 23.2 Å². The van der Waals surface area contributed by atoms with Crippen molar-refractivity contribution in [2.24, 2.45) is 0 Å². The third kappa shape index (κ3) is 8.00. The predicted molar refractivity (Wildman–Crippen MR) is 177 cm³/mol. The van der Waals surface area contributed by atoms with Crippen LogP contribution in [0.25, 0.3) is 0 Å². The van der Waals surface area contributed by atoms with Crippen LogP contribution in [0.1, 0.15) is 29.2 Å². The number of nitrogens with zero attached hydrogens (tertiary/aromatic N) is 2. The minimum Gasteiger partial charge on any atom is -0.355 e. The van der Waals surface area contributed by atoms with Crippen LogP contribution in [0, 0.1) is 13.8 Å². The second-order valence-corrected chi connectivity index (χ2v) is 13.2. The van der Waals surface area contributed by atoms with Crippen molar-refractivity contribution in [3.63, 3.8) is 0 Å². The predicted octanol–water partition coefficient (Wildman–Crippen LogP) is 6.58. The number of carbonyl (C=O) groups excluding carboxylic acids is 2. The van der Waals surface area contributed by atoms with Crippen molar-refractivity contribution in [1.82, 2.24) is 10.2 Å². The van der Waals surface area contributed by atoms with Crippen LogP contribution >= 0.6 is 23.2 Å². The lowest BCUT2D eigenvalue weighted by molar-refractivity contribution is -0.140. The third-order valence-electron chi connectivity index (χ3n) is 7.24. The Morgan fingerprint density at radius 2 is 1.52 bits per heavy atom. The van der Waals surface area contributed by atoms with Crippen LogP contribution in [0.2, 0.25) is 10.0 Å². The highest BCUT2D eigenvalue weighted by molar-refractivity contribution is 7.92. The molecule has 1 atom stereocenters. The highest BCUT2D eigenvalue weighted by Gasteiger charge is 2.35. The zero-order chi connectivity index (χ0) is 31.9. The quantitative estimate of drug-likeness (QED) is 0.187. The molecule has 0 saturated carbocycles. The normalized spacial score (nSPS) is 11.9. The molecule has 0 spiro atoms. The summed E-state index contributed by atoms with van der Waals surface area (Å²) in [6.45, 7) is 5.19. The van der Waals surface area contributed by atoms with Gasteiger partial charge in [-0.05, 0) is 73.9 Å². The fraction of sp³-hybridized carbons (Fsp3) is 0.235. The Hall–Kier alpha value is -3.85. The SMILES string of the molecule is CCNC(=O)[C@H](Cc1ccccc1)N(Cc1ccccc1Cl)C(=O)CN(c1ccc(Cl)cc1C)S(=O)(=O)c1ccc(C)cc1. The van der Waals surface area contributed by atoms with Crippen LogP contribution in [0.15, 0.2) is 102 Å². The van der Waals surface area contributed by atoms with Crippen LogP contribution in [0.5, 0.6) is 0 Å². The van der Waals surface area contributed by atoms with Gasteiger partial charge in [0.2, 0.25) is 11.8 Å². The Bertz CT molecular complexity index is 1710. The van der Waals surface area contributed by atoms with Gasteiger partial charge in [0.15, 0.2) is 0 Å². The van der Waals surface area contributed by atoms with E-state index in [1.165, 1.54) is 17.0 Å². The minimum absolute atomic E-state index is 0.00877. The zero-order valence-corrected chi connectivity index (χ0v) is 27.2. The van der Waals surface area contributed by atoms with E-state index in [1.54, 1.807) is 68.4 Å². The molecule has 7 nitrogen and oxygen atoms in total. The van der Waals surface area contributed by atoms with Gasteiger partial charge in [-0.3, -0.25) is 13.9 Å². The van der Waals surface area contributed by atoms with Crippen molar-refractivity contribution in [3.05, 3.63) is 129 Å². The molecule has 0 aromatic heterocycles. The van der Waals surface area contributed by atoms with Crippen molar-refractivity contribution in [1.29, 1.82) is 0 Å². The summed E-state index contributed by atoms with van der Waals surface area (Å²) in [7, 11) is -4.21. The summed E-state index contributed by atoms with van der Waals surface area (Å²) in [5.74, 6) is -0.922. The lowest BCUT2D eigenvalue weighted by atomic mass is 10.0. The number of amides is 2. The number of sulfonamides is 1. The number of likely N-dealkylation sites (N-methyl/N-ethyl adjacent to an activating group) is 1. The largest absolute Gasteiger partial charge is 0.355 e. The molecular formula is C34H35Cl2N3O4S. The van der Waals surface area contributed by atoms with Gasteiger partial charge < -0.3 is 10.2 Å². The van der Waals surface area contributed by atoms with E-state index < -0.39 is 28.5 Å². The topological polar surface area (TPSA) is 86.8 Å². The maximum Gasteiger partial charge on any atom is 0.264 e. The van der Waals surface area contributed by atoms with Crippen molar-refractivity contribution < 1.29 is 18.0 Å². The number of aryl methyl sites for hydroxylation is 2. The number of benzene rings is 4. The van der Waals surface area contributed by atoms with E-state index >= 15 is 0 Å². The number of halogens is 2. The van der Waals surface area contributed by atoms with Crippen LogP contribution < -0.4 is 9.62 Å². The fourth-order valence-corrected chi connectivity index (χ4v) is 6.81. The number of anilines is 1. The molecule has 0 heterocycles. The van der Waals surface area contributed by atoms with Crippen molar-refractivity contribution in [3.8, 4) is 0 Å². The molecule has 0 unspecified atom stereocenters. The van der Waals surface area contributed by atoms with Crippen LogP contribution in [0.3, 0.4) is 0 Å². The molecule has 0 aliphatic heterocycles. The summed E-state index contributed by atoms with van der Waals surface area (Å²) >= 11 is 12.7. The second-order valence-electron chi connectivity index (χ2n) is 10.5. The fourth-order valence-electron chi connectivity index (χ4n) is 4.91. The smallest absolute Gasteiger partial charge is 0.264 e. The maximum absolute atomic E-state index is 14.5. The summed E-state index contributed by atoms with van der Waals surface area (Å²) in [4.78, 5) is 29.5. The molecule has 0 aliphatic carbocycles. The first-order valence-electron chi connectivity index (χ1n) is 14.2. The van der Waals surface area contributed by atoms with Gasteiger partial charge in [-0.25, -0.2) is 8.42 Å². The molecule has 4 aromatic rings. The van der Waals surface area contributed by atoms with E-state index in [-0.39, 0.29) is 23.8 Å². The molecule has 1 N–H and O–H groups in total. The molecule has 4 rings (SSSR count). The van der Waals surface area contributed by atoms with Gasteiger partial charge >= 0.3 is 0 Å². The Morgan fingerprint density at radius 1 is 0.864 bits per heavy atom. The van der Waals surface area contributed by atoms with Crippen molar-refractivity contribution >= 4 is 50.7 Å². The summed E-state index contributed by atoms with van der Waals surface area (Å²) in [6.07, 6.45) is 0.216. The number of nitrogens with one attached hydrogen (secondary N) is 1. The Labute approximate surface area is 269 Å². The molecule has 0 saturated heterocycles. The first-order chi connectivity index (χ1) is 21.0. The molecule has 0 bridgehead atoms. The Morgan fingerprint density at radius 3 is 2.16 bits per heavy atom. The molecule has 0 aliphatic rings. The van der Waals surface area contributed by atoms with Crippen molar-refractivity contribution in [2.45, 2.75) is 44.7 Å². The van der Waals surface area contributed by atoms with Crippen molar-refractivity contribution in [2.75, 3.05) is 17.4 Å². The molecule has 10 heteroatoms. The first kappa shape index (κ1) is 33.1. The molecule has 4 aromatic carbocycles. The average molecular weight is 653 g/mol. The number of rotatable bonds is 12.